The Bertz CT molecular complexity index is 813. The summed E-state index contributed by atoms with van der Waals surface area (Å²) in [7, 11) is 0. The molecule has 0 saturated carbocycles. The summed E-state index contributed by atoms with van der Waals surface area (Å²) in [6.45, 7) is 1.88. The van der Waals surface area contributed by atoms with Gasteiger partial charge in [-0.25, -0.2) is 4.39 Å². The number of nitrogens with two attached hydrogens (primary N) is 1. The van der Waals surface area contributed by atoms with Crippen molar-refractivity contribution in [3.63, 3.8) is 0 Å². The largest absolute Gasteiger partial charge is 0.399 e. The van der Waals surface area contributed by atoms with E-state index in [0.717, 1.165) is 22.3 Å². The minimum Gasteiger partial charge on any atom is -0.399 e. The van der Waals surface area contributed by atoms with Crippen LogP contribution in [-0.2, 0) is 0 Å². The van der Waals surface area contributed by atoms with Gasteiger partial charge in [-0.2, -0.15) is 0 Å². The molecule has 3 rings (SSSR count). The molecular formula is C16H13ClFN3. The van der Waals surface area contributed by atoms with E-state index in [4.69, 9.17) is 17.3 Å². The van der Waals surface area contributed by atoms with Crippen LogP contribution < -0.4 is 11.1 Å². The molecule has 0 amide bonds. The van der Waals surface area contributed by atoms with Crippen LogP contribution in [0.4, 0.5) is 21.5 Å². The molecule has 0 saturated heterocycles. The van der Waals surface area contributed by atoms with Gasteiger partial charge in [0.25, 0.3) is 0 Å². The number of hydrogen-bond acceptors (Lipinski definition) is 3. The molecule has 2 aromatic carbocycles. The highest BCUT2D eigenvalue weighted by Crippen LogP contribution is 2.32. The minimum atomic E-state index is -0.408. The van der Waals surface area contributed by atoms with Crippen LogP contribution in [-0.4, -0.2) is 4.98 Å². The zero-order valence-electron chi connectivity index (χ0n) is 11.3. The Hall–Kier alpha value is -2.33. The number of benzene rings is 2. The van der Waals surface area contributed by atoms with E-state index < -0.39 is 5.82 Å². The van der Waals surface area contributed by atoms with E-state index in [2.05, 4.69) is 10.3 Å². The second-order valence-electron chi connectivity index (χ2n) is 4.81. The standard InChI is InChI=1S/C16H13ClFN3/c1-9-7-15(11-8-10(19)5-6-14(11)20-9)21-16-12(17)3-2-4-13(16)18/h2-8H,19H2,1H3,(H,20,21). The van der Waals surface area contributed by atoms with Crippen molar-refractivity contribution in [3.05, 3.63) is 59.0 Å². The summed E-state index contributed by atoms with van der Waals surface area (Å²) in [5.74, 6) is -0.408. The van der Waals surface area contributed by atoms with Crippen LogP contribution in [0.1, 0.15) is 5.69 Å². The van der Waals surface area contributed by atoms with E-state index in [9.17, 15) is 4.39 Å². The lowest BCUT2D eigenvalue weighted by atomic mass is 10.1. The van der Waals surface area contributed by atoms with Crippen LogP contribution in [0.15, 0.2) is 42.5 Å². The fourth-order valence-corrected chi connectivity index (χ4v) is 2.44. The van der Waals surface area contributed by atoms with Crippen molar-refractivity contribution in [1.82, 2.24) is 4.98 Å². The number of nitrogen functional groups attached to an aromatic ring is 1. The first kappa shape index (κ1) is 13.6. The number of pyridine rings is 1. The molecule has 0 bridgehead atoms. The third-order valence-electron chi connectivity index (χ3n) is 3.18. The van der Waals surface area contributed by atoms with Crippen LogP contribution in [0.5, 0.6) is 0 Å². The number of nitrogens with zero attached hydrogens (tertiary/aromatic N) is 1. The second-order valence-corrected chi connectivity index (χ2v) is 5.22. The predicted molar refractivity (Wildman–Crippen MR) is 85.6 cm³/mol. The number of para-hydroxylation sites is 1. The smallest absolute Gasteiger partial charge is 0.148 e. The Labute approximate surface area is 126 Å². The average molecular weight is 302 g/mol. The molecule has 0 aliphatic rings. The number of aromatic nitrogens is 1. The summed E-state index contributed by atoms with van der Waals surface area (Å²) in [6.07, 6.45) is 0. The first-order valence-corrected chi connectivity index (χ1v) is 6.80. The number of nitrogens with one attached hydrogen (secondary N) is 1. The molecule has 0 spiro atoms. The normalized spacial score (nSPS) is 10.8. The first-order valence-electron chi connectivity index (χ1n) is 6.42. The van der Waals surface area contributed by atoms with Gasteiger partial charge in [-0.3, -0.25) is 4.98 Å². The van der Waals surface area contributed by atoms with Crippen molar-refractivity contribution < 1.29 is 4.39 Å². The topological polar surface area (TPSA) is 50.9 Å². The van der Waals surface area contributed by atoms with Crippen molar-refractivity contribution in [2.24, 2.45) is 0 Å². The van der Waals surface area contributed by atoms with Gasteiger partial charge in [-0.15, -0.1) is 0 Å². The number of hydrogen-bond donors (Lipinski definition) is 2. The monoisotopic (exact) mass is 301 g/mol. The van der Waals surface area contributed by atoms with Gasteiger partial charge in [0.2, 0.25) is 0 Å². The molecule has 21 heavy (non-hydrogen) atoms. The SMILES string of the molecule is Cc1cc(Nc2c(F)cccc2Cl)c2cc(N)ccc2n1. The molecule has 3 aromatic rings. The number of rotatable bonds is 2. The molecule has 0 unspecified atom stereocenters. The Morgan fingerprint density at radius 3 is 2.76 bits per heavy atom. The van der Waals surface area contributed by atoms with Gasteiger partial charge in [0, 0.05) is 22.5 Å². The van der Waals surface area contributed by atoms with E-state index in [1.54, 1.807) is 24.3 Å². The second kappa shape index (κ2) is 5.22. The van der Waals surface area contributed by atoms with Crippen molar-refractivity contribution >= 4 is 39.6 Å². The Morgan fingerprint density at radius 1 is 1.19 bits per heavy atom. The molecule has 0 aliphatic carbocycles. The van der Waals surface area contributed by atoms with Crippen molar-refractivity contribution in [2.45, 2.75) is 6.92 Å². The van der Waals surface area contributed by atoms with Gasteiger partial charge in [-0.1, -0.05) is 17.7 Å². The Morgan fingerprint density at radius 2 is 2.00 bits per heavy atom. The Balaban J connectivity index is 2.18. The van der Waals surface area contributed by atoms with Gasteiger partial charge < -0.3 is 11.1 Å². The molecule has 5 heteroatoms. The van der Waals surface area contributed by atoms with Gasteiger partial charge in [0.05, 0.1) is 16.2 Å². The van der Waals surface area contributed by atoms with Crippen LogP contribution in [0.25, 0.3) is 10.9 Å². The van der Waals surface area contributed by atoms with Crippen LogP contribution in [0.2, 0.25) is 5.02 Å². The summed E-state index contributed by atoms with van der Waals surface area (Å²) >= 11 is 6.06. The molecule has 0 atom stereocenters. The molecule has 3 N–H and O–H groups in total. The maximum absolute atomic E-state index is 13.9. The lowest BCUT2D eigenvalue weighted by Gasteiger charge is -2.13. The lowest BCUT2D eigenvalue weighted by Crippen LogP contribution is -1.98. The maximum Gasteiger partial charge on any atom is 0.148 e. The van der Waals surface area contributed by atoms with Gasteiger partial charge >= 0.3 is 0 Å². The number of aryl methyl sites for hydroxylation is 1. The fraction of sp³-hybridized carbons (Fsp3) is 0.0625. The highest BCUT2D eigenvalue weighted by molar-refractivity contribution is 6.33. The summed E-state index contributed by atoms with van der Waals surface area (Å²) in [5.41, 5.74) is 9.03. The number of halogens is 2. The third-order valence-corrected chi connectivity index (χ3v) is 3.50. The molecule has 0 radical (unpaired) electrons. The van der Waals surface area contributed by atoms with Gasteiger partial charge in [-0.05, 0) is 43.3 Å². The third kappa shape index (κ3) is 2.62. The van der Waals surface area contributed by atoms with Crippen LogP contribution in [0.3, 0.4) is 0 Å². The fourth-order valence-electron chi connectivity index (χ4n) is 2.23. The highest BCUT2D eigenvalue weighted by atomic mass is 35.5. The van der Waals surface area contributed by atoms with Gasteiger partial charge in [0.1, 0.15) is 5.82 Å². The summed E-state index contributed by atoms with van der Waals surface area (Å²) < 4.78 is 13.9. The Kier molecular flexibility index (Phi) is 3.39. The maximum atomic E-state index is 13.9. The zero-order valence-corrected chi connectivity index (χ0v) is 12.1. The molecule has 1 aromatic heterocycles. The van der Waals surface area contributed by atoms with E-state index in [0.29, 0.717) is 10.7 Å². The molecule has 3 nitrogen and oxygen atoms in total. The summed E-state index contributed by atoms with van der Waals surface area (Å²) in [6, 6.07) is 11.8. The summed E-state index contributed by atoms with van der Waals surface area (Å²) in [5, 5.41) is 4.19. The highest BCUT2D eigenvalue weighted by Gasteiger charge is 2.10. The van der Waals surface area contributed by atoms with Crippen molar-refractivity contribution in [2.75, 3.05) is 11.1 Å². The van der Waals surface area contributed by atoms with Crippen LogP contribution in [0, 0.1) is 12.7 Å². The molecule has 1 heterocycles. The minimum absolute atomic E-state index is 0.244. The number of fused-ring (bicyclic) bond motifs is 1. The van der Waals surface area contributed by atoms with Gasteiger partial charge in [0.15, 0.2) is 0 Å². The van der Waals surface area contributed by atoms with Crippen LogP contribution >= 0.6 is 11.6 Å². The molecule has 0 fully saturated rings. The van der Waals surface area contributed by atoms with Crippen molar-refractivity contribution in [3.8, 4) is 0 Å². The van der Waals surface area contributed by atoms with E-state index in [1.165, 1.54) is 6.07 Å². The quantitative estimate of drug-likeness (QED) is 0.677. The van der Waals surface area contributed by atoms with E-state index in [1.807, 2.05) is 19.1 Å². The molecule has 106 valence electrons. The van der Waals surface area contributed by atoms with E-state index >= 15 is 0 Å². The predicted octanol–water partition coefficient (Wildman–Crippen LogP) is 4.66. The van der Waals surface area contributed by atoms with E-state index in [-0.39, 0.29) is 5.69 Å². The molecular weight excluding hydrogens is 289 g/mol. The zero-order chi connectivity index (χ0) is 15.0. The number of anilines is 3. The van der Waals surface area contributed by atoms with Crippen molar-refractivity contribution in [1.29, 1.82) is 0 Å². The molecule has 0 aliphatic heterocycles. The first-order chi connectivity index (χ1) is 10.0. The summed E-state index contributed by atoms with van der Waals surface area (Å²) in [4.78, 5) is 4.44. The lowest BCUT2D eigenvalue weighted by molar-refractivity contribution is 0.632. The average Bonchev–Trinajstić information content (AvgIpc) is 2.43.